The summed E-state index contributed by atoms with van der Waals surface area (Å²) in [6.07, 6.45) is 0. The predicted octanol–water partition coefficient (Wildman–Crippen LogP) is 1.05. The minimum atomic E-state index is -4.02. The Morgan fingerprint density at radius 3 is 2.25 bits per heavy atom. The molecule has 0 saturated heterocycles. The molecule has 0 unspecified atom stereocenters. The summed E-state index contributed by atoms with van der Waals surface area (Å²) < 4.78 is 36.8. The van der Waals surface area contributed by atoms with E-state index in [2.05, 4.69) is 5.32 Å². The van der Waals surface area contributed by atoms with Gasteiger partial charge in [0.1, 0.15) is 12.4 Å². The molecule has 2 aromatic rings. The number of halogens is 1. The Morgan fingerprint density at radius 1 is 1.07 bits per heavy atom. The monoisotopic (exact) mass is 409 g/mol. The van der Waals surface area contributed by atoms with Gasteiger partial charge in [-0.2, -0.15) is 0 Å². The van der Waals surface area contributed by atoms with Crippen molar-refractivity contribution in [2.75, 3.05) is 20.7 Å². The van der Waals surface area contributed by atoms with Crippen LogP contribution in [0.2, 0.25) is 0 Å². The van der Waals surface area contributed by atoms with Crippen molar-refractivity contribution in [3.8, 4) is 0 Å². The van der Waals surface area contributed by atoms with Gasteiger partial charge in [-0.3, -0.25) is 14.4 Å². The second-order valence-electron chi connectivity index (χ2n) is 5.86. The maximum Gasteiger partial charge on any atom is 0.262 e. The average molecular weight is 409 g/mol. The van der Waals surface area contributed by atoms with Gasteiger partial charge in [0.25, 0.3) is 21.8 Å². The number of carbonyl (C=O) groups is 2. The van der Waals surface area contributed by atoms with E-state index < -0.39 is 28.4 Å². The number of hydrogen-bond acceptors (Lipinski definition) is 5. The first-order chi connectivity index (χ1) is 13.2. The van der Waals surface area contributed by atoms with Crippen LogP contribution in [0.25, 0.3) is 0 Å². The number of rotatable bonds is 8. The normalized spacial score (nSPS) is 11.1. The van der Waals surface area contributed by atoms with Gasteiger partial charge in [-0.1, -0.05) is 17.0 Å². The molecule has 0 aliphatic rings. The summed E-state index contributed by atoms with van der Waals surface area (Å²) in [6, 6.07) is 10.9. The van der Waals surface area contributed by atoms with Gasteiger partial charge in [0.05, 0.1) is 4.90 Å². The van der Waals surface area contributed by atoms with E-state index in [0.29, 0.717) is 5.56 Å². The van der Waals surface area contributed by atoms with Crippen molar-refractivity contribution in [3.63, 3.8) is 0 Å². The van der Waals surface area contributed by atoms with Crippen LogP contribution in [-0.2, 0) is 26.2 Å². The highest BCUT2D eigenvalue weighted by Crippen LogP contribution is 2.10. The second-order valence-corrected chi connectivity index (χ2v) is 7.50. The standard InChI is InChI=1S/C18H20FN3O5S/c1-20-18(24)14-5-3-13(4-6-14)11-22(2)17(23)12-27-21-28(25,26)16-9-7-15(19)8-10-16/h3-10,21H,11-12H2,1-2H3,(H,20,24). The van der Waals surface area contributed by atoms with Crippen molar-refractivity contribution in [2.24, 2.45) is 0 Å². The smallest absolute Gasteiger partial charge is 0.262 e. The SMILES string of the molecule is CNC(=O)c1ccc(CN(C)C(=O)CONS(=O)(=O)c2ccc(F)cc2)cc1. The molecule has 0 spiro atoms. The highest BCUT2D eigenvalue weighted by atomic mass is 32.2. The van der Waals surface area contributed by atoms with Crippen LogP contribution in [0.4, 0.5) is 4.39 Å². The zero-order valence-corrected chi connectivity index (χ0v) is 16.1. The summed E-state index contributed by atoms with van der Waals surface area (Å²) in [7, 11) is -0.951. The molecule has 2 aromatic carbocycles. The summed E-state index contributed by atoms with van der Waals surface area (Å²) in [4.78, 5) is 31.4. The third-order valence-corrected chi connectivity index (χ3v) is 5.01. The maximum absolute atomic E-state index is 12.9. The number of likely N-dealkylation sites (N-methyl/N-ethyl adjacent to an activating group) is 1. The fourth-order valence-electron chi connectivity index (χ4n) is 2.21. The molecule has 2 rings (SSSR count). The Labute approximate surface area is 162 Å². The van der Waals surface area contributed by atoms with Gasteiger partial charge in [-0.15, -0.1) is 0 Å². The lowest BCUT2D eigenvalue weighted by molar-refractivity contribution is -0.136. The molecule has 8 nitrogen and oxygen atoms in total. The Kier molecular flexibility index (Phi) is 7.21. The summed E-state index contributed by atoms with van der Waals surface area (Å²) >= 11 is 0. The van der Waals surface area contributed by atoms with E-state index in [9.17, 15) is 22.4 Å². The number of amides is 2. The van der Waals surface area contributed by atoms with E-state index >= 15 is 0 Å². The maximum atomic E-state index is 12.9. The van der Waals surface area contributed by atoms with Crippen molar-refractivity contribution in [1.82, 2.24) is 15.1 Å². The summed E-state index contributed by atoms with van der Waals surface area (Å²) in [5.41, 5.74) is 1.29. The fourth-order valence-corrected chi connectivity index (χ4v) is 3.01. The van der Waals surface area contributed by atoms with E-state index in [0.717, 1.165) is 29.8 Å². The molecule has 0 fully saturated rings. The second kappa shape index (κ2) is 9.40. The third kappa shape index (κ3) is 5.84. The van der Waals surface area contributed by atoms with Crippen LogP contribution in [-0.4, -0.2) is 45.8 Å². The van der Waals surface area contributed by atoms with E-state index in [4.69, 9.17) is 4.84 Å². The molecular formula is C18H20FN3O5S. The minimum Gasteiger partial charge on any atom is -0.355 e. The molecule has 0 radical (unpaired) electrons. The number of sulfonamides is 1. The van der Waals surface area contributed by atoms with Crippen molar-refractivity contribution < 1.29 is 27.2 Å². The zero-order chi connectivity index (χ0) is 20.7. The molecule has 0 aliphatic carbocycles. The number of hydrogen-bond donors (Lipinski definition) is 2. The first-order valence-electron chi connectivity index (χ1n) is 8.17. The molecule has 0 atom stereocenters. The van der Waals surface area contributed by atoms with Gasteiger partial charge in [-0.25, -0.2) is 12.8 Å². The number of benzene rings is 2. The molecule has 2 amide bonds. The van der Waals surface area contributed by atoms with Crippen LogP contribution in [0, 0.1) is 5.82 Å². The molecule has 150 valence electrons. The van der Waals surface area contributed by atoms with Crippen LogP contribution in [0.5, 0.6) is 0 Å². The molecule has 0 heterocycles. The first kappa shape index (κ1) is 21.5. The van der Waals surface area contributed by atoms with Gasteiger partial charge >= 0.3 is 0 Å². The Morgan fingerprint density at radius 2 is 1.68 bits per heavy atom. The molecule has 0 aromatic heterocycles. The summed E-state index contributed by atoms with van der Waals surface area (Å²) in [6.45, 7) is -0.270. The topological polar surface area (TPSA) is 105 Å². The van der Waals surface area contributed by atoms with E-state index in [1.54, 1.807) is 24.3 Å². The summed E-state index contributed by atoms with van der Waals surface area (Å²) in [5, 5.41) is 2.51. The largest absolute Gasteiger partial charge is 0.355 e. The minimum absolute atomic E-state index is 0.189. The van der Waals surface area contributed by atoms with Crippen molar-refractivity contribution >= 4 is 21.8 Å². The lowest BCUT2D eigenvalue weighted by atomic mass is 10.1. The number of nitrogens with zero attached hydrogens (tertiary/aromatic N) is 1. The van der Waals surface area contributed by atoms with Crippen LogP contribution in [0.3, 0.4) is 0 Å². The van der Waals surface area contributed by atoms with Crippen molar-refractivity contribution in [2.45, 2.75) is 11.4 Å². The lowest BCUT2D eigenvalue weighted by Gasteiger charge is -2.17. The molecular weight excluding hydrogens is 389 g/mol. The van der Waals surface area contributed by atoms with E-state index in [1.807, 2.05) is 4.89 Å². The third-order valence-electron chi connectivity index (χ3n) is 3.78. The molecule has 0 bridgehead atoms. The van der Waals surface area contributed by atoms with Gasteiger partial charge < -0.3 is 10.2 Å². The molecule has 2 N–H and O–H groups in total. The average Bonchev–Trinajstić information content (AvgIpc) is 2.68. The van der Waals surface area contributed by atoms with Crippen molar-refractivity contribution in [3.05, 3.63) is 65.5 Å². The van der Waals surface area contributed by atoms with Crippen LogP contribution < -0.4 is 10.2 Å². The van der Waals surface area contributed by atoms with Crippen LogP contribution in [0.1, 0.15) is 15.9 Å². The Hall–Kier alpha value is -2.82. The predicted molar refractivity (Wildman–Crippen MR) is 99.0 cm³/mol. The molecule has 0 aliphatic heterocycles. The molecule has 10 heteroatoms. The lowest BCUT2D eigenvalue weighted by Crippen LogP contribution is -2.34. The van der Waals surface area contributed by atoms with E-state index in [-0.39, 0.29) is 17.3 Å². The van der Waals surface area contributed by atoms with Gasteiger partial charge in [0.15, 0.2) is 0 Å². The van der Waals surface area contributed by atoms with Crippen LogP contribution >= 0.6 is 0 Å². The van der Waals surface area contributed by atoms with Gasteiger partial charge in [-0.05, 0) is 42.0 Å². The quantitative estimate of drug-likeness (QED) is 0.635. The highest BCUT2D eigenvalue weighted by molar-refractivity contribution is 7.89. The van der Waals surface area contributed by atoms with Gasteiger partial charge in [0.2, 0.25) is 0 Å². The number of carbonyl (C=O) groups excluding carboxylic acids is 2. The zero-order valence-electron chi connectivity index (χ0n) is 15.3. The Balaban J connectivity index is 1.85. The fraction of sp³-hybridized carbons (Fsp3) is 0.222. The Bertz CT molecular complexity index is 931. The highest BCUT2D eigenvalue weighted by Gasteiger charge is 2.16. The first-order valence-corrected chi connectivity index (χ1v) is 9.65. The van der Waals surface area contributed by atoms with E-state index in [1.165, 1.54) is 19.0 Å². The molecule has 0 saturated carbocycles. The number of nitrogens with one attached hydrogen (secondary N) is 2. The van der Waals surface area contributed by atoms with Gasteiger partial charge in [0, 0.05) is 26.2 Å². The summed E-state index contributed by atoms with van der Waals surface area (Å²) in [5.74, 6) is -1.24. The van der Waals surface area contributed by atoms with Crippen molar-refractivity contribution in [1.29, 1.82) is 0 Å². The molecule has 28 heavy (non-hydrogen) atoms. The van der Waals surface area contributed by atoms with Crippen LogP contribution in [0.15, 0.2) is 53.4 Å².